The monoisotopic (exact) mass is 796 g/mol. The molecule has 3 amide bonds. The predicted molar refractivity (Wildman–Crippen MR) is 204 cm³/mol. The van der Waals surface area contributed by atoms with Gasteiger partial charge in [-0.15, -0.1) is 13.2 Å². The van der Waals surface area contributed by atoms with E-state index >= 15 is 0 Å². The van der Waals surface area contributed by atoms with Crippen LogP contribution in [0.25, 0.3) is 0 Å². The molecule has 0 spiro atoms. The zero-order valence-corrected chi connectivity index (χ0v) is 32.0. The van der Waals surface area contributed by atoms with Crippen LogP contribution < -0.4 is 32.0 Å². The Morgan fingerprint density at radius 1 is 0.759 bits per heavy atom. The fraction of sp³-hybridized carbons (Fsp3) is 0.429. The molecule has 2 aliphatic rings. The first-order chi connectivity index (χ1) is 24.1. The van der Waals surface area contributed by atoms with Crippen LogP contribution in [0.15, 0.2) is 83.6 Å². The van der Waals surface area contributed by atoms with Gasteiger partial charge in [-0.3, -0.25) is 4.79 Å². The van der Waals surface area contributed by atoms with Gasteiger partial charge in [-0.2, -0.15) is 0 Å². The van der Waals surface area contributed by atoms with E-state index < -0.39 is 72.3 Å². The minimum Gasteiger partial charge on any atom is -0.479 e. The number of nitrogen functional groups attached to an aromatic ring is 2. The number of nitrogens with two attached hydrogens (primary N) is 3. The average molecular weight is 797 g/mol. The van der Waals surface area contributed by atoms with E-state index in [9.17, 15) is 36.0 Å². The lowest BCUT2D eigenvalue weighted by atomic mass is 10.2. The number of carboxylic acid groups (broad SMARTS) is 1. The number of carboxylic acids is 1. The van der Waals surface area contributed by atoms with E-state index in [1.54, 1.807) is 59.7 Å². The molecule has 0 saturated heterocycles. The SMILES string of the molecule is C.C=C[C@@H]1C[C@]1(NC(=O)OC(C)(C)C)C(=O)NS(=O)(=O)c1ccccc1N.C=C[C@@H]1C[C@]1(NC(=O)OC(C)(C)C)C(=O)O.Nc1ccccc1S(N)(=O)=O. The third-order valence-electron chi connectivity index (χ3n) is 7.49. The Bertz CT molecular complexity index is 1960. The number of amides is 3. The Morgan fingerprint density at radius 2 is 1.13 bits per heavy atom. The van der Waals surface area contributed by atoms with Crippen molar-refractivity contribution in [1.29, 1.82) is 0 Å². The number of rotatable bonds is 9. The smallest absolute Gasteiger partial charge is 0.408 e. The Hall–Kier alpha value is -5.14. The second-order valence-corrected chi connectivity index (χ2v) is 17.3. The highest BCUT2D eigenvalue weighted by Gasteiger charge is 2.62. The first-order valence-corrected chi connectivity index (χ1v) is 19.0. The number of para-hydroxylation sites is 2. The minimum absolute atomic E-state index is 0. The second-order valence-electron chi connectivity index (χ2n) is 14.1. The number of alkyl carbamates (subject to hydrolysis) is 2. The van der Waals surface area contributed by atoms with Crippen LogP contribution in [0.4, 0.5) is 21.0 Å². The van der Waals surface area contributed by atoms with Gasteiger partial charge in [-0.25, -0.2) is 41.1 Å². The van der Waals surface area contributed by atoms with Crippen LogP contribution in [0.2, 0.25) is 0 Å². The van der Waals surface area contributed by atoms with Crippen LogP contribution in [-0.4, -0.2) is 68.3 Å². The van der Waals surface area contributed by atoms with Crippen LogP contribution in [0, 0.1) is 11.8 Å². The molecule has 0 aromatic heterocycles. The molecular weight excluding hydrogens is 745 g/mol. The molecule has 0 aliphatic heterocycles. The molecule has 2 fully saturated rings. The zero-order chi connectivity index (χ0) is 40.8. The molecule has 17 nitrogen and oxygen atoms in total. The number of benzene rings is 2. The van der Waals surface area contributed by atoms with E-state index in [2.05, 4.69) is 23.8 Å². The molecule has 10 N–H and O–H groups in total. The number of anilines is 2. The number of ether oxygens (including phenoxy) is 2. The van der Waals surface area contributed by atoms with Crippen LogP contribution in [0.5, 0.6) is 0 Å². The van der Waals surface area contributed by atoms with Gasteiger partial charge < -0.3 is 36.7 Å². The number of aliphatic carboxylic acids is 1. The number of nitrogens with one attached hydrogen (secondary N) is 3. The van der Waals surface area contributed by atoms with Gasteiger partial charge in [0.05, 0.1) is 11.4 Å². The van der Waals surface area contributed by atoms with Gasteiger partial charge in [-0.1, -0.05) is 43.8 Å². The summed E-state index contributed by atoms with van der Waals surface area (Å²) < 4.78 is 58.6. The molecule has 0 unspecified atom stereocenters. The van der Waals surface area contributed by atoms with Crippen LogP contribution in [-0.2, 0) is 39.1 Å². The van der Waals surface area contributed by atoms with Crippen molar-refractivity contribution in [2.45, 2.75) is 93.9 Å². The van der Waals surface area contributed by atoms with Gasteiger partial charge in [0.25, 0.3) is 15.9 Å². The van der Waals surface area contributed by atoms with Crippen molar-refractivity contribution in [1.82, 2.24) is 15.4 Å². The van der Waals surface area contributed by atoms with E-state index in [0.717, 1.165) is 0 Å². The van der Waals surface area contributed by atoms with Crippen molar-refractivity contribution >= 4 is 55.5 Å². The van der Waals surface area contributed by atoms with Crippen molar-refractivity contribution in [3.05, 3.63) is 73.8 Å². The Labute approximate surface area is 316 Å². The molecule has 300 valence electrons. The van der Waals surface area contributed by atoms with Crippen molar-refractivity contribution in [2.75, 3.05) is 11.5 Å². The largest absolute Gasteiger partial charge is 0.479 e. The highest BCUT2D eigenvalue weighted by atomic mass is 32.2. The van der Waals surface area contributed by atoms with E-state index in [1.807, 2.05) is 4.72 Å². The van der Waals surface area contributed by atoms with E-state index in [-0.39, 0.29) is 40.9 Å². The fourth-order valence-electron chi connectivity index (χ4n) is 4.75. The number of hydrogen-bond donors (Lipinski definition) is 7. The molecule has 2 saturated carbocycles. The van der Waals surface area contributed by atoms with E-state index in [0.29, 0.717) is 6.42 Å². The van der Waals surface area contributed by atoms with Gasteiger partial charge in [0, 0.05) is 11.8 Å². The third kappa shape index (κ3) is 12.8. The zero-order valence-electron chi connectivity index (χ0n) is 30.3. The van der Waals surface area contributed by atoms with Gasteiger partial charge in [0.2, 0.25) is 10.0 Å². The summed E-state index contributed by atoms with van der Waals surface area (Å²) in [6, 6.07) is 11.8. The summed E-state index contributed by atoms with van der Waals surface area (Å²) >= 11 is 0. The maximum Gasteiger partial charge on any atom is 0.408 e. The van der Waals surface area contributed by atoms with E-state index in [4.69, 9.17) is 31.2 Å². The van der Waals surface area contributed by atoms with Crippen LogP contribution in [0.1, 0.15) is 61.8 Å². The standard InChI is InChI=1S/C17H23N3O5S.C11H17NO4.C6H8N2O2S.CH4/c1-5-11-10-17(11,19-15(22)25-16(2,3)4)14(21)20-26(23,24)13-9-7-6-8-12(13)18;1-5-7-6-11(7,8(13)14)12-9(15)16-10(2,3)4;7-5-3-1-2-4-6(5)11(8,9)10;/h5-9,11H,1,10,18H2,2-4H3,(H,19,22)(H,20,21);5,7H,1,6H2,2-4H3,(H,12,15)(H,13,14);1-4H,7H2,(H2,8,9,10);1H4/t11-,17-;7-,11-;;/m11../s1. The number of hydrogen-bond acceptors (Lipinski definition) is 12. The lowest BCUT2D eigenvalue weighted by Crippen LogP contribution is -2.52. The lowest BCUT2D eigenvalue weighted by molar-refractivity contribution is -0.141. The summed E-state index contributed by atoms with van der Waals surface area (Å²) in [4.78, 5) is 46.9. The van der Waals surface area contributed by atoms with Crippen molar-refractivity contribution < 1.29 is 50.6 Å². The number of primary sulfonamides is 1. The van der Waals surface area contributed by atoms with E-state index in [1.165, 1.54) is 42.5 Å². The minimum atomic E-state index is -4.19. The average Bonchev–Trinajstić information content (AvgIpc) is 3.90. The topological polar surface area (TPSA) is 289 Å². The van der Waals surface area contributed by atoms with Gasteiger partial charge >= 0.3 is 18.2 Å². The second kappa shape index (κ2) is 17.3. The molecule has 2 aliphatic carbocycles. The maximum absolute atomic E-state index is 12.6. The third-order valence-corrected chi connectivity index (χ3v) is 9.88. The number of carbonyl (C=O) groups excluding carboxylic acids is 3. The molecule has 4 rings (SSSR count). The maximum atomic E-state index is 12.6. The quantitative estimate of drug-likeness (QED) is 0.141. The molecule has 0 radical (unpaired) electrons. The normalized spacial score (nSPS) is 21.3. The number of carbonyl (C=O) groups is 4. The first kappa shape index (κ1) is 46.9. The Kier molecular flexibility index (Phi) is 15.1. The summed E-state index contributed by atoms with van der Waals surface area (Å²) in [5.74, 6) is -2.55. The van der Waals surface area contributed by atoms with Crippen molar-refractivity contribution in [2.24, 2.45) is 17.0 Å². The predicted octanol–water partition coefficient (Wildman–Crippen LogP) is 3.64. The van der Waals surface area contributed by atoms with Gasteiger partial charge in [-0.05, 0) is 78.6 Å². The molecule has 0 bridgehead atoms. The lowest BCUT2D eigenvalue weighted by Gasteiger charge is -2.23. The Morgan fingerprint density at radius 3 is 1.44 bits per heavy atom. The van der Waals surface area contributed by atoms with Crippen molar-refractivity contribution in [3.8, 4) is 0 Å². The molecule has 2 aromatic rings. The van der Waals surface area contributed by atoms with Gasteiger partial charge in [0.15, 0.2) is 0 Å². The van der Waals surface area contributed by atoms with Crippen LogP contribution >= 0.6 is 0 Å². The highest BCUT2D eigenvalue weighted by Crippen LogP contribution is 2.45. The molecule has 2 aromatic carbocycles. The molecule has 0 heterocycles. The summed E-state index contributed by atoms with van der Waals surface area (Å²) in [6.07, 6.45) is 2.09. The Balaban J connectivity index is 0.000000443. The number of sulfonamides is 2. The summed E-state index contributed by atoms with van der Waals surface area (Å²) in [5.41, 5.74) is 7.18. The highest BCUT2D eigenvalue weighted by molar-refractivity contribution is 7.90. The first-order valence-electron chi connectivity index (χ1n) is 15.9. The van der Waals surface area contributed by atoms with Gasteiger partial charge in [0.1, 0.15) is 32.1 Å². The summed E-state index contributed by atoms with van der Waals surface area (Å²) in [7, 11) is -7.85. The molecular formula is C35H52N6O11S2. The summed E-state index contributed by atoms with van der Waals surface area (Å²) in [6.45, 7) is 17.3. The fourth-order valence-corrected chi connectivity index (χ4v) is 6.59. The molecule has 4 atom stereocenters. The molecule has 19 heteroatoms. The summed E-state index contributed by atoms with van der Waals surface area (Å²) in [5, 5.41) is 18.7. The van der Waals surface area contributed by atoms with Crippen molar-refractivity contribution in [3.63, 3.8) is 0 Å². The van der Waals surface area contributed by atoms with Crippen LogP contribution in [0.3, 0.4) is 0 Å². The molecule has 54 heavy (non-hydrogen) atoms.